The van der Waals surface area contributed by atoms with Gasteiger partial charge in [0.2, 0.25) is 0 Å². The van der Waals surface area contributed by atoms with Crippen LogP contribution in [0.3, 0.4) is 0 Å². The zero-order valence-electron chi connectivity index (χ0n) is 9.85. The Balaban J connectivity index is 1.93. The van der Waals surface area contributed by atoms with E-state index in [2.05, 4.69) is 34.4 Å². The summed E-state index contributed by atoms with van der Waals surface area (Å²) in [6, 6.07) is 4.76. The quantitative estimate of drug-likeness (QED) is 0.778. The van der Waals surface area contributed by atoms with Crippen molar-refractivity contribution in [3.05, 3.63) is 12.1 Å². The molecule has 0 saturated carbocycles. The highest BCUT2D eigenvalue weighted by Crippen LogP contribution is 2.18. The summed E-state index contributed by atoms with van der Waals surface area (Å²) in [4.78, 5) is 2.38. The lowest BCUT2D eigenvalue weighted by Gasteiger charge is -2.35. The molecule has 0 bridgehead atoms. The molecule has 1 saturated heterocycles. The van der Waals surface area contributed by atoms with Crippen molar-refractivity contribution in [3.63, 3.8) is 0 Å². The number of rotatable bonds is 2. The van der Waals surface area contributed by atoms with Crippen LogP contribution >= 0.6 is 0 Å². The van der Waals surface area contributed by atoms with Crippen molar-refractivity contribution in [1.29, 1.82) is 0 Å². The predicted octanol–water partition coefficient (Wildman–Crippen LogP) is 0.953. The number of nitrogens with two attached hydrogens (primary N) is 1. The Labute approximate surface area is 96.0 Å². The van der Waals surface area contributed by atoms with Gasteiger partial charge in [0.05, 0.1) is 0 Å². The first-order valence-electron chi connectivity index (χ1n) is 5.71. The van der Waals surface area contributed by atoms with E-state index in [1.807, 2.05) is 6.07 Å². The maximum Gasteiger partial charge on any atom is 0.149 e. The first kappa shape index (κ1) is 11.1. The van der Waals surface area contributed by atoms with Crippen LogP contribution in [0.25, 0.3) is 0 Å². The Kier molecular flexibility index (Phi) is 3.24. The second kappa shape index (κ2) is 4.65. The highest BCUT2D eigenvalue weighted by Gasteiger charge is 2.22. The first-order valence-corrected chi connectivity index (χ1v) is 5.71. The van der Waals surface area contributed by atoms with Gasteiger partial charge in [0.15, 0.2) is 0 Å². The molecular weight excluding hydrogens is 202 g/mol. The molecule has 5 heteroatoms. The van der Waals surface area contributed by atoms with Gasteiger partial charge in [-0.3, -0.25) is 0 Å². The smallest absolute Gasteiger partial charge is 0.149 e. The lowest BCUT2D eigenvalue weighted by Crippen LogP contribution is -2.42. The van der Waals surface area contributed by atoms with Crippen LogP contribution in [0.5, 0.6) is 0 Å². The number of nitrogens with zero attached hydrogens (tertiary/aromatic N) is 3. The fraction of sp³-hybridized carbons (Fsp3) is 0.636. The van der Waals surface area contributed by atoms with Crippen LogP contribution in [-0.4, -0.2) is 40.8 Å². The molecule has 1 aromatic heterocycles. The third kappa shape index (κ3) is 2.61. The molecule has 0 aliphatic carbocycles. The van der Waals surface area contributed by atoms with Crippen LogP contribution in [0.15, 0.2) is 12.1 Å². The molecule has 0 radical (unpaired) electrons. The molecule has 1 aromatic rings. The fourth-order valence-corrected chi connectivity index (χ4v) is 2.05. The summed E-state index contributed by atoms with van der Waals surface area (Å²) in [5.74, 6) is 1.28. The Morgan fingerprint density at radius 3 is 2.88 bits per heavy atom. The van der Waals surface area contributed by atoms with E-state index in [0.29, 0.717) is 17.9 Å². The number of likely N-dealkylation sites (tertiary alicyclic amines) is 1. The summed E-state index contributed by atoms with van der Waals surface area (Å²) >= 11 is 0. The van der Waals surface area contributed by atoms with Gasteiger partial charge in [-0.2, -0.15) is 0 Å². The summed E-state index contributed by atoms with van der Waals surface area (Å²) < 4.78 is 0. The van der Waals surface area contributed by atoms with Crippen molar-refractivity contribution in [1.82, 2.24) is 15.1 Å². The van der Waals surface area contributed by atoms with Crippen LogP contribution in [0.1, 0.15) is 19.8 Å². The summed E-state index contributed by atoms with van der Waals surface area (Å²) in [6.45, 7) is 3.38. The van der Waals surface area contributed by atoms with E-state index in [-0.39, 0.29) is 0 Å². The first-order chi connectivity index (χ1) is 7.65. The normalized spacial score (nSPS) is 26.6. The predicted molar refractivity (Wildman–Crippen MR) is 65.2 cm³/mol. The van der Waals surface area contributed by atoms with E-state index < -0.39 is 0 Å². The molecular formula is C11H19N5. The molecule has 1 aliphatic rings. The van der Waals surface area contributed by atoms with Gasteiger partial charge in [0.25, 0.3) is 0 Å². The number of nitrogens with one attached hydrogen (secondary N) is 1. The fourth-order valence-electron chi connectivity index (χ4n) is 2.05. The number of hydrogen-bond donors (Lipinski definition) is 2. The van der Waals surface area contributed by atoms with Crippen molar-refractivity contribution in [2.45, 2.75) is 31.8 Å². The molecule has 16 heavy (non-hydrogen) atoms. The number of hydrogen-bond acceptors (Lipinski definition) is 5. The summed E-state index contributed by atoms with van der Waals surface area (Å²) in [7, 11) is 2.17. The van der Waals surface area contributed by atoms with Crippen LogP contribution in [0.4, 0.5) is 11.6 Å². The Morgan fingerprint density at radius 1 is 1.44 bits per heavy atom. The maximum atomic E-state index is 5.49. The van der Waals surface area contributed by atoms with Crippen LogP contribution < -0.4 is 11.1 Å². The number of piperidine rings is 1. The van der Waals surface area contributed by atoms with Gasteiger partial charge in [-0.1, -0.05) is 0 Å². The summed E-state index contributed by atoms with van der Waals surface area (Å²) in [6.07, 6.45) is 2.29. The molecule has 88 valence electrons. The zero-order valence-corrected chi connectivity index (χ0v) is 9.85. The highest BCUT2D eigenvalue weighted by molar-refractivity contribution is 5.39. The van der Waals surface area contributed by atoms with Crippen molar-refractivity contribution in [2.24, 2.45) is 0 Å². The zero-order chi connectivity index (χ0) is 11.5. The second-order valence-electron chi connectivity index (χ2n) is 4.54. The molecule has 3 N–H and O–H groups in total. The van der Waals surface area contributed by atoms with Crippen molar-refractivity contribution in [3.8, 4) is 0 Å². The Hall–Kier alpha value is -1.36. The molecule has 0 amide bonds. The van der Waals surface area contributed by atoms with Gasteiger partial charge in [-0.05, 0) is 38.9 Å². The Morgan fingerprint density at radius 2 is 2.25 bits per heavy atom. The molecule has 0 aromatic carbocycles. The van der Waals surface area contributed by atoms with E-state index >= 15 is 0 Å². The highest BCUT2D eigenvalue weighted by atomic mass is 15.2. The largest absolute Gasteiger partial charge is 0.382 e. The lowest BCUT2D eigenvalue weighted by molar-refractivity contribution is 0.190. The molecule has 2 atom stereocenters. The van der Waals surface area contributed by atoms with Gasteiger partial charge >= 0.3 is 0 Å². The molecule has 0 spiro atoms. The van der Waals surface area contributed by atoms with Gasteiger partial charge in [-0.25, -0.2) is 0 Å². The van der Waals surface area contributed by atoms with Crippen LogP contribution in [-0.2, 0) is 0 Å². The van der Waals surface area contributed by atoms with E-state index in [0.717, 1.165) is 25.2 Å². The van der Waals surface area contributed by atoms with Gasteiger partial charge in [0.1, 0.15) is 11.6 Å². The second-order valence-corrected chi connectivity index (χ2v) is 4.54. The van der Waals surface area contributed by atoms with Gasteiger partial charge in [-0.15, -0.1) is 10.2 Å². The topological polar surface area (TPSA) is 67.1 Å². The molecule has 2 heterocycles. The van der Waals surface area contributed by atoms with E-state index in [4.69, 9.17) is 5.73 Å². The number of nitrogen functional groups attached to an aromatic ring is 1. The van der Waals surface area contributed by atoms with E-state index in [1.54, 1.807) is 6.07 Å². The van der Waals surface area contributed by atoms with Gasteiger partial charge in [0, 0.05) is 18.6 Å². The summed E-state index contributed by atoms with van der Waals surface area (Å²) in [5.41, 5.74) is 5.49. The minimum Gasteiger partial charge on any atom is -0.382 e. The number of anilines is 2. The molecule has 2 unspecified atom stereocenters. The SMILES string of the molecule is CC1CC(Nc2ccc(N)nn2)CCN1C. The van der Waals surface area contributed by atoms with Crippen molar-refractivity contribution >= 4 is 11.6 Å². The minimum absolute atomic E-state index is 0.460. The lowest BCUT2D eigenvalue weighted by atomic mass is 9.99. The average Bonchev–Trinajstić information content (AvgIpc) is 2.27. The third-order valence-electron chi connectivity index (χ3n) is 3.25. The number of aromatic nitrogens is 2. The molecule has 2 rings (SSSR count). The monoisotopic (exact) mass is 221 g/mol. The third-order valence-corrected chi connectivity index (χ3v) is 3.25. The maximum absolute atomic E-state index is 5.49. The van der Waals surface area contributed by atoms with E-state index in [9.17, 15) is 0 Å². The molecule has 5 nitrogen and oxygen atoms in total. The standard InChI is InChI=1S/C11H19N5/c1-8-7-9(5-6-16(8)2)13-11-4-3-10(12)14-15-11/h3-4,8-9H,5-7H2,1-2H3,(H2,12,14)(H,13,15). The van der Waals surface area contributed by atoms with Crippen LogP contribution in [0.2, 0.25) is 0 Å². The van der Waals surface area contributed by atoms with E-state index in [1.165, 1.54) is 0 Å². The molecule has 1 aliphatic heterocycles. The Bertz CT molecular complexity index is 337. The minimum atomic E-state index is 0.460. The van der Waals surface area contributed by atoms with Crippen LogP contribution in [0, 0.1) is 0 Å². The van der Waals surface area contributed by atoms with Crippen molar-refractivity contribution < 1.29 is 0 Å². The summed E-state index contributed by atoms with van der Waals surface area (Å²) in [5, 5.41) is 11.3. The van der Waals surface area contributed by atoms with Crippen molar-refractivity contribution in [2.75, 3.05) is 24.6 Å². The van der Waals surface area contributed by atoms with Gasteiger partial charge < -0.3 is 16.0 Å². The average molecular weight is 221 g/mol. The molecule has 1 fully saturated rings.